The van der Waals surface area contributed by atoms with Crippen LogP contribution in [0.15, 0.2) is 90.9 Å². The lowest BCUT2D eigenvalue weighted by atomic mass is 10.3. The second kappa shape index (κ2) is 6.97. The highest BCUT2D eigenvalue weighted by Gasteiger charge is 2.09. The molecule has 0 saturated heterocycles. The summed E-state index contributed by atoms with van der Waals surface area (Å²) in [5, 5.41) is 2.71. The molecule has 0 fully saturated rings. The highest BCUT2D eigenvalue weighted by Crippen LogP contribution is 2.35. The third-order valence-electron chi connectivity index (χ3n) is 3.15. The Labute approximate surface area is 126 Å². The van der Waals surface area contributed by atoms with E-state index in [2.05, 4.69) is 77.5 Å². The van der Waals surface area contributed by atoms with Crippen LogP contribution in [0.5, 0.6) is 0 Å². The fourth-order valence-electron chi connectivity index (χ4n) is 2.12. The number of rotatable bonds is 4. The van der Waals surface area contributed by atoms with Gasteiger partial charge in [0, 0.05) is 6.20 Å². The van der Waals surface area contributed by atoms with Gasteiger partial charge >= 0.3 is 0 Å². The molecule has 0 aliphatic rings. The maximum absolute atomic E-state index is 4.36. The number of pyridine rings is 1. The fraction of sp³-hybridized carbons (Fsp3) is 0. The zero-order valence-electron chi connectivity index (χ0n) is 11.6. The van der Waals surface area contributed by atoms with Gasteiger partial charge in [-0.15, -0.1) is 0 Å². The van der Waals surface area contributed by atoms with Crippen molar-refractivity contribution in [2.75, 3.05) is 0 Å². The molecule has 0 atom stereocenters. The van der Waals surface area contributed by atoms with Gasteiger partial charge in [0.25, 0.3) is 0 Å². The standard InChI is InChI=1S/C19H16NP/c1-3-10-18(11-4-1)21(19-12-5-2-6-13-19)16-14-17-9-7-8-15-20-17/h1-16H. The summed E-state index contributed by atoms with van der Waals surface area (Å²) in [6.07, 6.45) is 3.94. The van der Waals surface area contributed by atoms with Gasteiger partial charge in [0.2, 0.25) is 0 Å². The van der Waals surface area contributed by atoms with Crippen LogP contribution in [-0.2, 0) is 0 Å². The van der Waals surface area contributed by atoms with E-state index in [0.29, 0.717) is 0 Å². The van der Waals surface area contributed by atoms with Gasteiger partial charge in [0.15, 0.2) is 0 Å². The molecule has 0 aliphatic heterocycles. The van der Waals surface area contributed by atoms with Crippen LogP contribution in [-0.4, -0.2) is 4.98 Å². The molecule has 2 aromatic carbocycles. The lowest BCUT2D eigenvalue weighted by molar-refractivity contribution is 1.30. The maximum atomic E-state index is 4.36. The quantitative estimate of drug-likeness (QED) is 0.656. The van der Waals surface area contributed by atoms with E-state index in [0.717, 1.165) is 5.69 Å². The van der Waals surface area contributed by atoms with Crippen LogP contribution in [0.4, 0.5) is 0 Å². The van der Waals surface area contributed by atoms with Crippen molar-refractivity contribution >= 4 is 24.6 Å². The minimum absolute atomic E-state index is 0.495. The van der Waals surface area contributed by atoms with Crippen LogP contribution < -0.4 is 10.6 Å². The summed E-state index contributed by atoms with van der Waals surface area (Å²) in [4.78, 5) is 4.36. The summed E-state index contributed by atoms with van der Waals surface area (Å²) < 4.78 is 0. The highest BCUT2D eigenvalue weighted by molar-refractivity contribution is 7.75. The zero-order valence-corrected chi connectivity index (χ0v) is 12.5. The predicted molar refractivity (Wildman–Crippen MR) is 92.3 cm³/mol. The zero-order chi connectivity index (χ0) is 14.3. The van der Waals surface area contributed by atoms with Crippen molar-refractivity contribution in [1.29, 1.82) is 0 Å². The van der Waals surface area contributed by atoms with Crippen molar-refractivity contribution in [1.82, 2.24) is 4.98 Å². The van der Waals surface area contributed by atoms with E-state index in [1.807, 2.05) is 24.4 Å². The SMILES string of the molecule is C(=CP(c1ccccc1)c1ccccc1)c1ccccn1. The summed E-state index contributed by atoms with van der Waals surface area (Å²) in [6, 6.07) is 27.3. The normalized spacial score (nSPS) is 11.1. The Balaban J connectivity index is 1.96. The fourth-order valence-corrected chi connectivity index (χ4v) is 4.05. The van der Waals surface area contributed by atoms with Gasteiger partial charge in [-0.3, -0.25) is 4.98 Å². The third-order valence-corrected chi connectivity index (χ3v) is 5.31. The molecule has 2 heteroatoms. The number of nitrogens with zero attached hydrogens (tertiary/aromatic N) is 1. The van der Waals surface area contributed by atoms with Crippen molar-refractivity contribution < 1.29 is 0 Å². The average molecular weight is 289 g/mol. The van der Waals surface area contributed by atoms with Crippen molar-refractivity contribution in [3.63, 3.8) is 0 Å². The monoisotopic (exact) mass is 289 g/mol. The number of hydrogen-bond donors (Lipinski definition) is 0. The molecule has 0 amide bonds. The molecule has 1 heterocycles. The summed E-state index contributed by atoms with van der Waals surface area (Å²) in [7, 11) is -0.495. The Kier molecular flexibility index (Phi) is 4.55. The van der Waals surface area contributed by atoms with Crippen molar-refractivity contribution in [2.45, 2.75) is 0 Å². The van der Waals surface area contributed by atoms with E-state index in [1.54, 1.807) is 0 Å². The Bertz CT molecular complexity index is 654. The van der Waals surface area contributed by atoms with Crippen LogP contribution >= 0.6 is 7.92 Å². The Morgan fingerprint density at radius 1 is 0.667 bits per heavy atom. The van der Waals surface area contributed by atoms with Gasteiger partial charge < -0.3 is 0 Å². The van der Waals surface area contributed by atoms with Gasteiger partial charge in [-0.05, 0) is 42.6 Å². The molecular formula is C19H16NP. The molecular weight excluding hydrogens is 273 g/mol. The first-order valence-corrected chi connectivity index (χ1v) is 8.33. The molecule has 0 saturated carbocycles. The molecule has 0 radical (unpaired) electrons. The van der Waals surface area contributed by atoms with Crippen molar-refractivity contribution in [3.05, 3.63) is 96.6 Å². The van der Waals surface area contributed by atoms with Crippen LogP contribution in [0.3, 0.4) is 0 Å². The van der Waals surface area contributed by atoms with Gasteiger partial charge in [0.1, 0.15) is 0 Å². The van der Waals surface area contributed by atoms with Gasteiger partial charge in [-0.2, -0.15) is 0 Å². The third kappa shape index (κ3) is 3.65. The second-order valence-corrected chi connectivity index (χ2v) is 6.68. The van der Waals surface area contributed by atoms with E-state index in [4.69, 9.17) is 0 Å². The van der Waals surface area contributed by atoms with Gasteiger partial charge in [0.05, 0.1) is 5.69 Å². The molecule has 0 bridgehead atoms. The van der Waals surface area contributed by atoms with Crippen molar-refractivity contribution in [3.8, 4) is 0 Å². The largest absolute Gasteiger partial charge is 0.257 e. The summed E-state index contributed by atoms with van der Waals surface area (Å²) in [5.74, 6) is 2.28. The molecule has 102 valence electrons. The van der Waals surface area contributed by atoms with Crippen molar-refractivity contribution in [2.24, 2.45) is 0 Å². The molecule has 0 spiro atoms. The Morgan fingerprint density at radius 2 is 1.24 bits per heavy atom. The van der Waals surface area contributed by atoms with Crippen LogP contribution in [0, 0.1) is 0 Å². The lowest BCUT2D eigenvalue weighted by Crippen LogP contribution is -2.09. The van der Waals surface area contributed by atoms with E-state index < -0.39 is 7.92 Å². The van der Waals surface area contributed by atoms with E-state index in [1.165, 1.54) is 10.6 Å². The number of hydrogen-bond acceptors (Lipinski definition) is 1. The predicted octanol–water partition coefficient (Wildman–Crippen LogP) is 4.19. The summed E-state index contributed by atoms with van der Waals surface area (Å²) in [5.41, 5.74) is 0.997. The number of aromatic nitrogens is 1. The van der Waals surface area contributed by atoms with Crippen LogP contribution in [0.1, 0.15) is 5.69 Å². The second-order valence-electron chi connectivity index (χ2n) is 4.61. The van der Waals surface area contributed by atoms with E-state index >= 15 is 0 Å². The first-order valence-electron chi connectivity index (χ1n) is 6.92. The molecule has 1 aromatic heterocycles. The molecule has 3 rings (SSSR count). The lowest BCUT2D eigenvalue weighted by Gasteiger charge is -2.14. The van der Waals surface area contributed by atoms with Crippen LogP contribution in [0.2, 0.25) is 0 Å². The molecule has 3 aromatic rings. The highest BCUT2D eigenvalue weighted by atomic mass is 31.1. The average Bonchev–Trinajstić information content (AvgIpc) is 2.58. The summed E-state index contributed by atoms with van der Waals surface area (Å²) >= 11 is 0. The van der Waals surface area contributed by atoms with Crippen LogP contribution in [0.25, 0.3) is 6.08 Å². The molecule has 0 N–H and O–H groups in total. The summed E-state index contributed by atoms with van der Waals surface area (Å²) in [6.45, 7) is 0. The molecule has 0 aliphatic carbocycles. The van der Waals surface area contributed by atoms with E-state index in [-0.39, 0.29) is 0 Å². The van der Waals surface area contributed by atoms with E-state index in [9.17, 15) is 0 Å². The Hall–Kier alpha value is -2.24. The molecule has 21 heavy (non-hydrogen) atoms. The molecule has 0 unspecified atom stereocenters. The maximum Gasteiger partial charge on any atom is 0.0630 e. The number of benzene rings is 2. The van der Waals surface area contributed by atoms with Gasteiger partial charge in [-0.25, -0.2) is 0 Å². The molecule has 1 nitrogen and oxygen atoms in total. The topological polar surface area (TPSA) is 12.9 Å². The first kappa shape index (κ1) is 13.7. The Morgan fingerprint density at radius 3 is 1.76 bits per heavy atom. The smallest absolute Gasteiger partial charge is 0.0630 e. The minimum atomic E-state index is -0.495. The first-order chi connectivity index (χ1) is 10.4. The minimum Gasteiger partial charge on any atom is -0.257 e. The van der Waals surface area contributed by atoms with Gasteiger partial charge in [-0.1, -0.05) is 66.7 Å².